The van der Waals surface area contributed by atoms with E-state index in [9.17, 15) is 0 Å². The van der Waals surface area contributed by atoms with E-state index in [-0.39, 0.29) is 0 Å². The molecule has 0 rings (SSSR count). The molecule has 0 aromatic carbocycles. The highest BCUT2D eigenvalue weighted by molar-refractivity contribution is 4.65. The van der Waals surface area contributed by atoms with Gasteiger partial charge in [0.25, 0.3) is 0 Å². The van der Waals surface area contributed by atoms with E-state index in [1.54, 1.807) is 0 Å². The van der Waals surface area contributed by atoms with Gasteiger partial charge in [-0.3, -0.25) is 0 Å². The average Bonchev–Trinajstić information content (AvgIpc) is 2.31. The minimum atomic E-state index is 0.669. The molecule has 0 saturated heterocycles. The van der Waals surface area contributed by atoms with Crippen molar-refractivity contribution in [3.05, 3.63) is 0 Å². The first-order chi connectivity index (χ1) is 8.95. The van der Waals surface area contributed by atoms with Crippen LogP contribution in [0.1, 0.15) is 67.2 Å². The maximum atomic E-state index is 3.50. The topological polar surface area (TPSA) is 15.3 Å². The third kappa shape index (κ3) is 12.7. The number of rotatable bonds is 12. The molecule has 0 saturated carbocycles. The second-order valence-electron chi connectivity index (χ2n) is 6.81. The molecule has 0 aliphatic rings. The van der Waals surface area contributed by atoms with E-state index in [1.165, 1.54) is 45.3 Å². The average molecular weight is 271 g/mol. The molecule has 0 aliphatic heterocycles. The highest BCUT2D eigenvalue weighted by atomic mass is 15.1. The Morgan fingerprint density at radius 3 is 1.74 bits per heavy atom. The van der Waals surface area contributed by atoms with Crippen LogP contribution in [0.5, 0.6) is 0 Å². The third-order valence-corrected chi connectivity index (χ3v) is 3.71. The van der Waals surface area contributed by atoms with Gasteiger partial charge in [0.1, 0.15) is 0 Å². The zero-order valence-corrected chi connectivity index (χ0v) is 14.3. The van der Waals surface area contributed by atoms with Crippen LogP contribution in [-0.2, 0) is 0 Å². The molecule has 2 nitrogen and oxygen atoms in total. The number of nitrogens with zero attached hydrogens (tertiary/aromatic N) is 1. The molecule has 0 spiro atoms. The summed E-state index contributed by atoms with van der Waals surface area (Å²) in [5, 5.41) is 3.50. The highest BCUT2D eigenvalue weighted by Gasteiger charge is 2.08. The lowest BCUT2D eigenvalue weighted by Gasteiger charge is -2.25. The summed E-state index contributed by atoms with van der Waals surface area (Å²) in [6.07, 6.45) is 5.29. The van der Waals surface area contributed by atoms with Crippen LogP contribution < -0.4 is 5.32 Å². The summed E-state index contributed by atoms with van der Waals surface area (Å²) >= 11 is 0. The Bertz CT molecular complexity index is 178. The number of hydrogen-bond donors (Lipinski definition) is 1. The van der Waals surface area contributed by atoms with Crippen molar-refractivity contribution in [1.82, 2.24) is 10.2 Å². The molecule has 0 heterocycles. The van der Waals surface area contributed by atoms with Crippen molar-refractivity contribution in [2.24, 2.45) is 11.8 Å². The molecule has 1 atom stereocenters. The second-order valence-corrected chi connectivity index (χ2v) is 6.81. The first kappa shape index (κ1) is 18.9. The quantitative estimate of drug-likeness (QED) is 0.573. The molecule has 0 aromatic rings. The van der Waals surface area contributed by atoms with Crippen LogP contribution >= 0.6 is 0 Å². The molecule has 0 radical (unpaired) electrons. The zero-order chi connectivity index (χ0) is 14.7. The summed E-state index contributed by atoms with van der Waals surface area (Å²) < 4.78 is 0. The van der Waals surface area contributed by atoms with Crippen LogP contribution in [0.3, 0.4) is 0 Å². The van der Waals surface area contributed by atoms with E-state index in [2.05, 4.69) is 51.8 Å². The summed E-state index contributed by atoms with van der Waals surface area (Å²) in [7, 11) is 0. The maximum absolute atomic E-state index is 3.50. The Hall–Kier alpha value is -0.0800. The molecule has 0 aromatic heterocycles. The Morgan fingerprint density at radius 1 is 0.789 bits per heavy atom. The van der Waals surface area contributed by atoms with E-state index < -0.39 is 0 Å². The summed E-state index contributed by atoms with van der Waals surface area (Å²) in [5.74, 6) is 1.64. The monoisotopic (exact) mass is 270 g/mol. The van der Waals surface area contributed by atoms with E-state index in [0.29, 0.717) is 6.04 Å². The van der Waals surface area contributed by atoms with Crippen LogP contribution in [0.15, 0.2) is 0 Å². The maximum Gasteiger partial charge on any atom is 0.00390 e. The number of nitrogens with one attached hydrogen (secondary N) is 1. The smallest absolute Gasteiger partial charge is 0.00390 e. The molecule has 0 bridgehead atoms. The molecule has 1 N–H and O–H groups in total. The summed E-state index contributed by atoms with van der Waals surface area (Å²) in [5.41, 5.74) is 0. The van der Waals surface area contributed by atoms with E-state index in [0.717, 1.165) is 18.4 Å². The van der Waals surface area contributed by atoms with Crippen molar-refractivity contribution in [3.63, 3.8) is 0 Å². The number of hydrogen-bond acceptors (Lipinski definition) is 2. The summed E-state index contributed by atoms with van der Waals surface area (Å²) in [4.78, 5) is 2.68. The highest BCUT2D eigenvalue weighted by Crippen LogP contribution is 2.08. The fourth-order valence-corrected chi connectivity index (χ4v) is 2.29. The van der Waals surface area contributed by atoms with Gasteiger partial charge in [0.2, 0.25) is 0 Å². The van der Waals surface area contributed by atoms with E-state index in [4.69, 9.17) is 0 Å². The lowest BCUT2D eigenvalue weighted by Crippen LogP contribution is -2.31. The molecule has 2 heteroatoms. The fraction of sp³-hybridized carbons (Fsp3) is 1.00. The van der Waals surface area contributed by atoms with Gasteiger partial charge in [-0.1, -0.05) is 34.6 Å². The van der Waals surface area contributed by atoms with Crippen LogP contribution in [0.25, 0.3) is 0 Å². The van der Waals surface area contributed by atoms with Crippen molar-refractivity contribution in [2.75, 3.05) is 26.2 Å². The van der Waals surface area contributed by atoms with Gasteiger partial charge < -0.3 is 10.2 Å². The van der Waals surface area contributed by atoms with Gasteiger partial charge in [-0.05, 0) is 70.6 Å². The largest absolute Gasteiger partial charge is 0.315 e. The predicted molar refractivity (Wildman–Crippen MR) is 87.7 cm³/mol. The van der Waals surface area contributed by atoms with Crippen LogP contribution in [0.2, 0.25) is 0 Å². The van der Waals surface area contributed by atoms with Gasteiger partial charge in [0.15, 0.2) is 0 Å². The first-order valence-electron chi connectivity index (χ1n) is 8.41. The normalized spacial score (nSPS) is 13.7. The van der Waals surface area contributed by atoms with Crippen LogP contribution in [0.4, 0.5) is 0 Å². The Kier molecular flexibility index (Phi) is 11.7. The molecular weight excluding hydrogens is 232 g/mol. The Balaban J connectivity index is 3.89. The molecule has 1 unspecified atom stereocenters. The second kappa shape index (κ2) is 11.7. The van der Waals surface area contributed by atoms with Crippen molar-refractivity contribution in [3.8, 4) is 0 Å². The Labute approximate surface area is 122 Å². The van der Waals surface area contributed by atoms with Gasteiger partial charge in [0, 0.05) is 6.04 Å². The van der Waals surface area contributed by atoms with Crippen molar-refractivity contribution < 1.29 is 0 Å². The van der Waals surface area contributed by atoms with E-state index >= 15 is 0 Å². The third-order valence-electron chi connectivity index (χ3n) is 3.71. The molecular formula is C17H38N2. The molecule has 116 valence electrons. The lowest BCUT2D eigenvalue weighted by molar-refractivity contribution is 0.236. The SMILES string of the molecule is CCNC(C)CCCN(CCC(C)C)CCC(C)C. The van der Waals surface area contributed by atoms with Gasteiger partial charge >= 0.3 is 0 Å². The minimum Gasteiger partial charge on any atom is -0.315 e. The summed E-state index contributed by atoms with van der Waals surface area (Å²) in [6, 6.07) is 0.669. The predicted octanol–water partition coefficient (Wildman–Crippen LogP) is 4.16. The fourth-order valence-electron chi connectivity index (χ4n) is 2.29. The molecule has 19 heavy (non-hydrogen) atoms. The van der Waals surface area contributed by atoms with Gasteiger partial charge in [-0.2, -0.15) is 0 Å². The standard InChI is InChI=1S/C17H38N2/c1-7-18-17(6)9-8-12-19(13-10-15(2)3)14-11-16(4)5/h15-18H,7-14H2,1-6H3. The van der Waals surface area contributed by atoms with Gasteiger partial charge in [-0.25, -0.2) is 0 Å². The molecule has 0 amide bonds. The Morgan fingerprint density at radius 2 is 1.32 bits per heavy atom. The van der Waals surface area contributed by atoms with Crippen molar-refractivity contribution in [2.45, 2.75) is 73.3 Å². The van der Waals surface area contributed by atoms with Crippen LogP contribution in [-0.4, -0.2) is 37.1 Å². The van der Waals surface area contributed by atoms with Crippen molar-refractivity contribution in [1.29, 1.82) is 0 Å². The zero-order valence-electron chi connectivity index (χ0n) is 14.3. The molecule has 0 aliphatic carbocycles. The van der Waals surface area contributed by atoms with Crippen LogP contribution in [0, 0.1) is 11.8 Å². The summed E-state index contributed by atoms with van der Waals surface area (Å²) in [6.45, 7) is 18.7. The molecule has 0 fully saturated rings. The van der Waals surface area contributed by atoms with Gasteiger partial charge in [0.05, 0.1) is 0 Å². The first-order valence-corrected chi connectivity index (χ1v) is 8.41. The van der Waals surface area contributed by atoms with E-state index in [1.807, 2.05) is 0 Å². The van der Waals surface area contributed by atoms with Crippen molar-refractivity contribution >= 4 is 0 Å². The lowest BCUT2D eigenvalue weighted by atomic mass is 10.1. The van der Waals surface area contributed by atoms with Gasteiger partial charge in [-0.15, -0.1) is 0 Å². The minimum absolute atomic E-state index is 0.669.